The Hall–Kier alpha value is -1.14. The van der Waals surface area contributed by atoms with E-state index in [-0.39, 0.29) is 17.9 Å². The Labute approximate surface area is 143 Å². The molecule has 2 saturated heterocycles. The molecule has 24 heavy (non-hydrogen) atoms. The fourth-order valence-corrected chi connectivity index (χ4v) is 5.11. The SMILES string of the molecule is O=C(C1COCCN1CC1CCC1)N1C[C@@H]2CCC[C@@]2(C(=O)O)C1. The van der Waals surface area contributed by atoms with E-state index < -0.39 is 11.4 Å². The van der Waals surface area contributed by atoms with E-state index in [1.165, 1.54) is 19.3 Å². The molecule has 6 heteroatoms. The molecule has 2 heterocycles. The van der Waals surface area contributed by atoms with Crippen LogP contribution in [0, 0.1) is 17.3 Å². The van der Waals surface area contributed by atoms with E-state index in [9.17, 15) is 14.7 Å². The maximum absolute atomic E-state index is 13.1. The first-order chi connectivity index (χ1) is 11.6. The van der Waals surface area contributed by atoms with Crippen molar-refractivity contribution < 1.29 is 19.4 Å². The predicted molar refractivity (Wildman–Crippen MR) is 87.5 cm³/mol. The first-order valence-corrected chi connectivity index (χ1v) is 9.44. The molecule has 2 saturated carbocycles. The second kappa shape index (κ2) is 6.30. The molecular weight excluding hydrogens is 308 g/mol. The summed E-state index contributed by atoms with van der Waals surface area (Å²) in [6, 6.07) is -0.218. The maximum atomic E-state index is 13.1. The summed E-state index contributed by atoms with van der Waals surface area (Å²) in [4.78, 5) is 29.1. The molecular formula is C18H28N2O4. The molecule has 3 atom stereocenters. The fraction of sp³-hybridized carbons (Fsp3) is 0.889. The average molecular weight is 336 g/mol. The third-order valence-corrected chi connectivity index (χ3v) is 6.85. The van der Waals surface area contributed by atoms with E-state index in [0.29, 0.717) is 32.7 Å². The van der Waals surface area contributed by atoms with E-state index >= 15 is 0 Å². The number of nitrogens with zero attached hydrogens (tertiary/aromatic N) is 2. The Balaban J connectivity index is 1.45. The molecule has 134 valence electrons. The summed E-state index contributed by atoms with van der Waals surface area (Å²) >= 11 is 0. The van der Waals surface area contributed by atoms with E-state index in [2.05, 4.69) is 4.90 Å². The van der Waals surface area contributed by atoms with Gasteiger partial charge in [0.05, 0.1) is 18.6 Å². The number of morpholine rings is 1. The van der Waals surface area contributed by atoms with Gasteiger partial charge in [0.2, 0.25) is 5.91 Å². The quantitative estimate of drug-likeness (QED) is 0.835. The van der Waals surface area contributed by atoms with E-state index in [4.69, 9.17) is 4.74 Å². The number of hydrogen-bond donors (Lipinski definition) is 1. The van der Waals surface area contributed by atoms with E-state index in [1.54, 1.807) is 0 Å². The third-order valence-electron chi connectivity index (χ3n) is 6.85. The zero-order chi connectivity index (χ0) is 16.7. The minimum atomic E-state index is -0.716. The van der Waals surface area contributed by atoms with Crippen LogP contribution in [-0.4, -0.2) is 72.2 Å². The molecule has 6 nitrogen and oxygen atoms in total. The first kappa shape index (κ1) is 16.3. The van der Waals surface area contributed by atoms with Crippen LogP contribution in [0.5, 0.6) is 0 Å². The van der Waals surface area contributed by atoms with Crippen molar-refractivity contribution in [3.8, 4) is 0 Å². The standard InChI is InChI=1S/C18H28N2O4/c21-16(15-11-24-8-7-19(15)9-13-3-1-4-13)20-10-14-5-2-6-18(14,12-20)17(22)23/h13-15H,1-12H2,(H,22,23)/t14-,15?,18+/m0/s1. The van der Waals surface area contributed by atoms with Crippen LogP contribution in [0.15, 0.2) is 0 Å². The summed E-state index contributed by atoms with van der Waals surface area (Å²) in [5, 5.41) is 9.72. The largest absolute Gasteiger partial charge is 0.481 e. The molecule has 2 aliphatic carbocycles. The Morgan fingerprint density at radius 3 is 2.71 bits per heavy atom. The maximum Gasteiger partial charge on any atom is 0.311 e. The molecule has 1 N–H and O–H groups in total. The summed E-state index contributed by atoms with van der Waals surface area (Å²) in [5.41, 5.74) is -0.690. The van der Waals surface area contributed by atoms with Crippen molar-refractivity contribution in [1.82, 2.24) is 9.80 Å². The van der Waals surface area contributed by atoms with Crippen LogP contribution in [0.3, 0.4) is 0 Å². The van der Waals surface area contributed by atoms with Crippen molar-refractivity contribution in [1.29, 1.82) is 0 Å². The smallest absolute Gasteiger partial charge is 0.311 e. The highest BCUT2D eigenvalue weighted by molar-refractivity contribution is 5.85. The van der Waals surface area contributed by atoms with E-state index in [1.807, 2.05) is 4.90 Å². The van der Waals surface area contributed by atoms with Crippen molar-refractivity contribution in [2.24, 2.45) is 17.3 Å². The van der Waals surface area contributed by atoms with Crippen molar-refractivity contribution in [3.05, 3.63) is 0 Å². The number of ether oxygens (including phenoxy) is 1. The lowest BCUT2D eigenvalue weighted by Crippen LogP contribution is -2.56. The number of carbonyl (C=O) groups excluding carboxylic acids is 1. The molecule has 0 radical (unpaired) electrons. The van der Waals surface area contributed by atoms with Crippen molar-refractivity contribution in [2.75, 3.05) is 39.4 Å². The second-order valence-corrected chi connectivity index (χ2v) is 8.15. The predicted octanol–water partition coefficient (Wildman–Crippen LogP) is 1.20. The highest BCUT2D eigenvalue weighted by Crippen LogP contribution is 2.49. The highest BCUT2D eigenvalue weighted by Gasteiger charge is 2.56. The Bertz CT molecular complexity index is 521. The number of likely N-dealkylation sites (tertiary alicyclic amines) is 1. The van der Waals surface area contributed by atoms with Crippen molar-refractivity contribution in [2.45, 2.75) is 44.6 Å². The fourth-order valence-electron chi connectivity index (χ4n) is 5.11. The van der Waals surface area contributed by atoms with Crippen LogP contribution >= 0.6 is 0 Å². The lowest BCUT2D eigenvalue weighted by molar-refractivity contribution is -0.150. The Kier molecular flexibility index (Phi) is 4.29. The molecule has 0 aromatic carbocycles. The molecule has 1 unspecified atom stereocenters. The summed E-state index contributed by atoms with van der Waals surface area (Å²) in [6.45, 7) is 3.94. The van der Waals surface area contributed by atoms with Gasteiger partial charge in [-0.2, -0.15) is 0 Å². The van der Waals surface area contributed by atoms with Gasteiger partial charge < -0.3 is 14.7 Å². The van der Waals surface area contributed by atoms with Crippen LogP contribution < -0.4 is 0 Å². The number of carboxylic acids is 1. The molecule has 0 aromatic heterocycles. The minimum absolute atomic E-state index is 0.0871. The summed E-state index contributed by atoms with van der Waals surface area (Å²) in [6.07, 6.45) is 6.47. The number of hydrogen-bond acceptors (Lipinski definition) is 4. The molecule has 4 aliphatic rings. The Morgan fingerprint density at radius 2 is 2.04 bits per heavy atom. The molecule has 0 aromatic rings. The summed E-state index contributed by atoms with van der Waals surface area (Å²) in [7, 11) is 0. The van der Waals surface area contributed by atoms with Crippen LogP contribution in [0.2, 0.25) is 0 Å². The van der Waals surface area contributed by atoms with Crippen LogP contribution in [0.25, 0.3) is 0 Å². The highest BCUT2D eigenvalue weighted by atomic mass is 16.5. The molecule has 4 rings (SSSR count). The average Bonchev–Trinajstić information content (AvgIpc) is 3.09. The summed E-state index contributed by atoms with van der Waals surface area (Å²) < 4.78 is 5.59. The number of carbonyl (C=O) groups is 2. The van der Waals surface area contributed by atoms with Gasteiger partial charge in [0.25, 0.3) is 0 Å². The van der Waals surface area contributed by atoms with Gasteiger partial charge in [-0.3, -0.25) is 14.5 Å². The van der Waals surface area contributed by atoms with Gasteiger partial charge in [-0.15, -0.1) is 0 Å². The number of fused-ring (bicyclic) bond motifs is 1. The first-order valence-electron chi connectivity index (χ1n) is 9.44. The molecule has 0 bridgehead atoms. The number of carboxylic acid groups (broad SMARTS) is 1. The molecule has 2 aliphatic heterocycles. The van der Waals surface area contributed by atoms with Gasteiger partial charge in [-0.25, -0.2) is 0 Å². The van der Waals surface area contributed by atoms with Crippen LogP contribution in [0.1, 0.15) is 38.5 Å². The molecule has 0 spiro atoms. The van der Waals surface area contributed by atoms with E-state index in [0.717, 1.165) is 31.8 Å². The summed E-state index contributed by atoms with van der Waals surface area (Å²) in [5.74, 6) is 0.223. The van der Waals surface area contributed by atoms with Crippen LogP contribution in [-0.2, 0) is 14.3 Å². The number of amides is 1. The van der Waals surface area contributed by atoms with Crippen LogP contribution in [0.4, 0.5) is 0 Å². The third kappa shape index (κ3) is 2.64. The monoisotopic (exact) mass is 336 g/mol. The second-order valence-electron chi connectivity index (χ2n) is 8.15. The zero-order valence-corrected chi connectivity index (χ0v) is 14.3. The van der Waals surface area contributed by atoms with Gasteiger partial charge in [-0.05, 0) is 37.5 Å². The normalized spacial score (nSPS) is 37.2. The van der Waals surface area contributed by atoms with Gasteiger partial charge in [0.1, 0.15) is 6.04 Å². The molecule has 1 amide bonds. The van der Waals surface area contributed by atoms with Gasteiger partial charge in [0, 0.05) is 26.2 Å². The molecule has 4 fully saturated rings. The number of rotatable bonds is 4. The lowest BCUT2D eigenvalue weighted by atomic mass is 9.81. The topological polar surface area (TPSA) is 70.1 Å². The lowest BCUT2D eigenvalue weighted by Gasteiger charge is -2.40. The van der Waals surface area contributed by atoms with Gasteiger partial charge >= 0.3 is 5.97 Å². The Morgan fingerprint density at radius 1 is 1.21 bits per heavy atom. The zero-order valence-electron chi connectivity index (χ0n) is 14.3. The van der Waals surface area contributed by atoms with Gasteiger partial charge in [0.15, 0.2) is 0 Å². The van der Waals surface area contributed by atoms with Crippen molar-refractivity contribution >= 4 is 11.9 Å². The number of aliphatic carboxylic acids is 1. The van der Waals surface area contributed by atoms with Crippen molar-refractivity contribution in [3.63, 3.8) is 0 Å². The van der Waals surface area contributed by atoms with Gasteiger partial charge in [-0.1, -0.05) is 12.8 Å². The minimum Gasteiger partial charge on any atom is -0.481 e.